The lowest BCUT2D eigenvalue weighted by atomic mass is 9.39. The fourth-order valence-corrected chi connectivity index (χ4v) is 14.4. The molecule has 0 saturated heterocycles. The van der Waals surface area contributed by atoms with E-state index in [-0.39, 0.29) is 0 Å². The van der Waals surface area contributed by atoms with E-state index in [0.29, 0.717) is 32.5 Å². The Bertz CT molecular complexity index is 849. The van der Waals surface area contributed by atoms with Gasteiger partial charge < -0.3 is 0 Å². The molecule has 0 spiro atoms. The summed E-state index contributed by atoms with van der Waals surface area (Å²) in [5.74, 6) is 8.69. The van der Waals surface area contributed by atoms with Crippen LogP contribution in [-0.4, -0.2) is 0 Å². The van der Waals surface area contributed by atoms with E-state index in [1.54, 1.807) is 64.2 Å². The van der Waals surface area contributed by atoms with Crippen molar-refractivity contribution in [2.24, 2.45) is 79.8 Å². The fraction of sp³-hybridized carbons (Fsp3) is 1.00. The van der Waals surface area contributed by atoms with Crippen molar-refractivity contribution in [1.29, 1.82) is 0 Å². The first kappa shape index (κ1) is 33.4. The summed E-state index contributed by atoms with van der Waals surface area (Å²) in [5.41, 5.74) is 3.55. The third-order valence-electron chi connectivity index (χ3n) is 16.9. The smallest absolute Gasteiger partial charge is 0.0195 e. The molecule has 0 radical (unpaired) electrons. The van der Waals surface area contributed by atoms with Crippen molar-refractivity contribution in [3.8, 4) is 0 Å². The summed E-state index contributed by atoms with van der Waals surface area (Å²) < 4.78 is 0. The maximum Gasteiger partial charge on any atom is -0.0195 e. The van der Waals surface area contributed by atoms with E-state index < -0.39 is 0 Å². The molecule has 0 aromatic rings. The molecule has 0 nitrogen and oxygen atoms in total. The van der Waals surface area contributed by atoms with Crippen LogP contribution in [0.15, 0.2) is 0 Å². The van der Waals surface area contributed by atoms with Crippen molar-refractivity contribution in [2.75, 3.05) is 0 Å². The van der Waals surface area contributed by atoms with E-state index in [9.17, 15) is 0 Å². The molecule has 0 atom stereocenters. The summed E-state index contributed by atoms with van der Waals surface area (Å²) in [5, 5.41) is 0. The van der Waals surface area contributed by atoms with Crippen molar-refractivity contribution in [3.63, 3.8) is 0 Å². The van der Waals surface area contributed by atoms with Gasteiger partial charge in [-0.25, -0.2) is 0 Å². The maximum absolute atomic E-state index is 2.61. The minimum absolute atomic E-state index is 0.510. The Kier molecular flexibility index (Phi) is 9.02. The van der Waals surface area contributed by atoms with E-state index in [2.05, 4.69) is 83.1 Å². The van der Waals surface area contributed by atoms with E-state index in [4.69, 9.17) is 0 Å². The molecule has 244 valence electrons. The average Bonchev–Trinajstić information content (AvgIpc) is 3.37. The van der Waals surface area contributed by atoms with E-state index in [1.165, 1.54) is 38.5 Å². The molecule has 8 bridgehead atoms. The molecule has 9 fully saturated rings. The van der Waals surface area contributed by atoms with Crippen LogP contribution in [0.25, 0.3) is 0 Å². The zero-order valence-corrected chi connectivity index (χ0v) is 30.9. The van der Waals surface area contributed by atoms with Crippen molar-refractivity contribution < 1.29 is 0 Å². The molecule has 0 aromatic heterocycles. The van der Waals surface area contributed by atoms with Crippen LogP contribution in [0.1, 0.15) is 186 Å². The second kappa shape index (κ2) is 11.4. The van der Waals surface area contributed by atoms with Gasteiger partial charge in [0.2, 0.25) is 0 Å². The van der Waals surface area contributed by atoms with Gasteiger partial charge in [-0.2, -0.15) is 0 Å². The molecule has 0 unspecified atom stereocenters. The minimum Gasteiger partial charge on any atom is -0.0648 e. The second-order valence-electron chi connectivity index (χ2n) is 20.9. The lowest BCUT2D eigenvalue weighted by Crippen LogP contribution is -2.58. The Hall–Kier alpha value is 0. The SMILES string of the molecule is CC(C)(C)C1(C)C2CC3CC(C2)CC1C3.CCC1(C(C)(C)C)C2CC3CC(C2)CC1C3.CCC1(C(C)(C)C)CCCC1. The first-order valence-corrected chi connectivity index (χ1v) is 19.4. The zero-order valence-electron chi connectivity index (χ0n) is 30.9. The van der Waals surface area contributed by atoms with Crippen LogP contribution in [0.4, 0.5) is 0 Å². The van der Waals surface area contributed by atoms with Crippen molar-refractivity contribution in [1.82, 2.24) is 0 Å². The quantitative estimate of drug-likeness (QED) is 0.305. The van der Waals surface area contributed by atoms with Crippen molar-refractivity contribution in [2.45, 2.75) is 186 Å². The summed E-state index contributed by atoms with van der Waals surface area (Å²) in [6.07, 6.45) is 24.3. The third-order valence-corrected chi connectivity index (χ3v) is 16.9. The summed E-state index contributed by atoms with van der Waals surface area (Å²) in [4.78, 5) is 0. The van der Waals surface area contributed by atoms with E-state index in [1.807, 2.05) is 0 Å². The predicted octanol–water partition coefficient (Wildman–Crippen LogP) is 13.4. The number of hydrogen-bond donors (Lipinski definition) is 0. The van der Waals surface area contributed by atoms with Gasteiger partial charge in [0.1, 0.15) is 0 Å². The molecular formula is C42H76. The largest absolute Gasteiger partial charge is 0.0648 e. The lowest BCUT2D eigenvalue weighted by molar-refractivity contribution is -0.166. The lowest BCUT2D eigenvalue weighted by Gasteiger charge is -2.66. The van der Waals surface area contributed by atoms with Gasteiger partial charge in [0.05, 0.1) is 0 Å². The van der Waals surface area contributed by atoms with Crippen molar-refractivity contribution >= 4 is 0 Å². The Balaban J connectivity index is 0.000000129. The normalized spacial score (nSPS) is 44.9. The van der Waals surface area contributed by atoms with E-state index in [0.717, 1.165) is 47.3 Å². The summed E-state index contributed by atoms with van der Waals surface area (Å²) >= 11 is 0. The van der Waals surface area contributed by atoms with Crippen LogP contribution >= 0.6 is 0 Å². The van der Waals surface area contributed by atoms with Crippen LogP contribution in [0, 0.1) is 79.8 Å². The first-order valence-electron chi connectivity index (χ1n) is 19.4. The van der Waals surface area contributed by atoms with Gasteiger partial charge in [0.25, 0.3) is 0 Å². The second-order valence-corrected chi connectivity index (χ2v) is 20.9. The predicted molar refractivity (Wildman–Crippen MR) is 184 cm³/mol. The maximum atomic E-state index is 2.61. The van der Waals surface area contributed by atoms with Gasteiger partial charge in [0.15, 0.2) is 0 Å². The standard InChI is InChI=1S/C16H28.C15H26.C11H22/c1-5-16(15(2,3)4)13-7-11-6-12(9-13)10-14(16)8-11;1-14(2,3)15(4)12-6-10-5-11(8-12)9-13(15)7-10;1-5-11(10(2,3)4)8-6-7-9-11/h11-14H,5-10H2,1-4H3;10-13H,5-9H2,1-4H3;5-9H2,1-4H3. The molecule has 0 heterocycles. The fourth-order valence-electron chi connectivity index (χ4n) is 14.4. The zero-order chi connectivity index (χ0) is 30.9. The highest BCUT2D eigenvalue weighted by molar-refractivity contribution is 5.10. The summed E-state index contributed by atoms with van der Waals surface area (Å²) in [6, 6.07) is 0. The molecule has 0 aliphatic heterocycles. The van der Waals surface area contributed by atoms with Gasteiger partial charge in [0, 0.05) is 0 Å². The molecular weight excluding hydrogens is 504 g/mol. The molecule has 0 aromatic carbocycles. The minimum atomic E-state index is 0.510. The topological polar surface area (TPSA) is 0 Å². The Labute approximate surface area is 265 Å². The molecule has 9 aliphatic rings. The highest BCUT2D eigenvalue weighted by Crippen LogP contribution is 2.69. The molecule has 0 N–H and O–H groups in total. The molecule has 0 heteroatoms. The van der Waals surface area contributed by atoms with Crippen LogP contribution in [0.2, 0.25) is 0 Å². The highest BCUT2D eigenvalue weighted by atomic mass is 14.7. The van der Waals surface area contributed by atoms with E-state index >= 15 is 0 Å². The van der Waals surface area contributed by atoms with Crippen molar-refractivity contribution in [3.05, 3.63) is 0 Å². The van der Waals surface area contributed by atoms with Gasteiger partial charge in [-0.1, -0.05) is 95.9 Å². The third kappa shape index (κ3) is 5.41. The Morgan fingerprint density at radius 1 is 0.452 bits per heavy atom. The molecule has 42 heavy (non-hydrogen) atoms. The highest BCUT2D eigenvalue weighted by Gasteiger charge is 2.61. The first-order chi connectivity index (χ1) is 19.4. The van der Waals surface area contributed by atoms with Crippen LogP contribution < -0.4 is 0 Å². The van der Waals surface area contributed by atoms with Crippen LogP contribution in [0.3, 0.4) is 0 Å². The monoisotopic (exact) mass is 581 g/mol. The van der Waals surface area contributed by atoms with Crippen LogP contribution in [0.5, 0.6) is 0 Å². The number of rotatable bonds is 2. The summed E-state index contributed by atoms with van der Waals surface area (Å²) in [6.45, 7) is 29.6. The molecule has 0 amide bonds. The Morgan fingerprint density at radius 3 is 1.05 bits per heavy atom. The molecule has 9 rings (SSSR count). The number of hydrogen-bond acceptors (Lipinski definition) is 0. The molecule has 9 saturated carbocycles. The summed E-state index contributed by atoms with van der Waals surface area (Å²) in [7, 11) is 0. The van der Waals surface area contributed by atoms with Gasteiger partial charge in [-0.3, -0.25) is 0 Å². The van der Waals surface area contributed by atoms with Gasteiger partial charge in [-0.05, 0) is 170 Å². The molecule has 9 aliphatic carbocycles. The van der Waals surface area contributed by atoms with Crippen LogP contribution in [-0.2, 0) is 0 Å². The van der Waals surface area contributed by atoms with Gasteiger partial charge in [-0.15, -0.1) is 0 Å². The average molecular weight is 581 g/mol. The van der Waals surface area contributed by atoms with Gasteiger partial charge >= 0.3 is 0 Å². The Morgan fingerprint density at radius 2 is 0.810 bits per heavy atom.